The van der Waals surface area contributed by atoms with Gasteiger partial charge in [0.1, 0.15) is 6.10 Å². The molecule has 1 fully saturated rings. The molecule has 5 nitrogen and oxygen atoms in total. The normalized spacial score (nSPS) is 20.6. The average molecular weight is 326 g/mol. The maximum Gasteiger partial charge on any atom is 0.341 e. The molecule has 0 aliphatic carbocycles. The Balaban J connectivity index is 1.54. The van der Waals surface area contributed by atoms with Crippen molar-refractivity contribution in [2.45, 2.75) is 25.7 Å². The van der Waals surface area contributed by atoms with Crippen LogP contribution in [0.1, 0.15) is 24.2 Å². The maximum absolute atomic E-state index is 12.3. The average Bonchev–Trinajstić information content (AvgIpc) is 2.63. The van der Waals surface area contributed by atoms with Gasteiger partial charge in [-0.15, -0.1) is 0 Å². The summed E-state index contributed by atoms with van der Waals surface area (Å²) in [5.74, 6) is 0. The van der Waals surface area contributed by atoms with Gasteiger partial charge in [-0.2, -0.15) is 0 Å². The minimum absolute atomic E-state index is 0.0242. The molecular weight excluding hydrogens is 304 g/mol. The van der Waals surface area contributed by atoms with Crippen molar-refractivity contribution in [1.29, 1.82) is 0 Å². The van der Waals surface area contributed by atoms with Crippen LogP contribution in [0.3, 0.4) is 0 Å². The molecule has 0 spiro atoms. The Morgan fingerprint density at radius 1 is 1.12 bits per heavy atom. The summed E-state index contributed by atoms with van der Waals surface area (Å²) in [7, 11) is 0. The van der Waals surface area contributed by atoms with E-state index in [1.807, 2.05) is 67.6 Å². The molecule has 0 aromatic heterocycles. The number of carbonyl (C=O) groups excluding carboxylic acids is 1. The highest BCUT2D eigenvalue weighted by molar-refractivity contribution is 5.73. The standard InChI is InChI=1S/C19H22N2O3/c1-15-12-21(13-18(24-15)17-10-6-3-7-11-17)19(22)20-23-14-16-8-4-2-5-9-16/h2-11,15,18H,12-14H2,1H3,(H,20,22)/t15-,18+/m1/s1. The smallest absolute Gasteiger partial charge is 0.341 e. The van der Waals surface area contributed by atoms with Gasteiger partial charge in [0.2, 0.25) is 0 Å². The van der Waals surface area contributed by atoms with E-state index in [4.69, 9.17) is 9.57 Å². The molecule has 1 aliphatic heterocycles. The van der Waals surface area contributed by atoms with Crippen molar-refractivity contribution in [3.8, 4) is 0 Å². The third-order valence-electron chi connectivity index (χ3n) is 3.96. The van der Waals surface area contributed by atoms with Crippen molar-refractivity contribution in [1.82, 2.24) is 10.4 Å². The molecule has 24 heavy (non-hydrogen) atoms. The fourth-order valence-electron chi connectivity index (χ4n) is 2.79. The van der Waals surface area contributed by atoms with Crippen molar-refractivity contribution in [3.63, 3.8) is 0 Å². The molecule has 2 amide bonds. The predicted molar refractivity (Wildman–Crippen MR) is 91.1 cm³/mol. The SMILES string of the molecule is C[C@@H]1CN(C(=O)NOCc2ccccc2)C[C@@H](c2ccccc2)O1. The number of carbonyl (C=O) groups is 1. The zero-order valence-electron chi connectivity index (χ0n) is 13.7. The summed E-state index contributed by atoms with van der Waals surface area (Å²) in [4.78, 5) is 19.4. The summed E-state index contributed by atoms with van der Waals surface area (Å²) in [5.41, 5.74) is 4.61. The third kappa shape index (κ3) is 4.34. The Morgan fingerprint density at radius 2 is 1.79 bits per heavy atom. The van der Waals surface area contributed by atoms with E-state index in [-0.39, 0.29) is 18.2 Å². The van der Waals surface area contributed by atoms with Gasteiger partial charge in [-0.05, 0) is 18.1 Å². The summed E-state index contributed by atoms with van der Waals surface area (Å²) >= 11 is 0. The monoisotopic (exact) mass is 326 g/mol. The number of amides is 2. The summed E-state index contributed by atoms with van der Waals surface area (Å²) in [6.07, 6.45) is -0.140. The second-order valence-corrected chi connectivity index (χ2v) is 5.93. The van der Waals surface area contributed by atoms with E-state index in [9.17, 15) is 4.79 Å². The minimum atomic E-state index is -0.234. The number of hydrogen-bond donors (Lipinski definition) is 1. The van der Waals surface area contributed by atoms with Crippen LogP contribution in [0.5, 0.6) is 0 Å². The highest BCUT2D eigenvalue weighted by Crippen LogP contribution is 2.24. The Morgan fingerprint density at radius 3 is 2.50 bits per heavy atom. The fourth-order valence-corrected chi connectivity index (χ4v) is 2.79. The summed E-state index contributed by atoms with van der Waals surface area (Å²) in [6, 6.07) is 19.5. The first kappa shape index (κ1) is 16.5. The van der Waals surface area contributed by atoms with Crippen molar-refractivity contribution < 1.29 is 14.4 Å². The molecule has 1 saturated heterocycles. The van der Waals surface area contributed by atoms with Gasteiger partial charge in [0.25, 0.3) is 0 Å². The number of morpholine rings is 1. The summed E-state index contributed by atoms with van der Waals surface area (Å²) in [5, 5.41) is 0. The van der Waals surface area contributed by atoms with E-state index in [1.54, 1.807) is 4.90 Å². The van der Waals surface area contributed by atoms with Crippen LogP contribution in [0.25, 0.3) is 0 Å². The zero-order valence-corrected chi connectivity index (χ0v) is 13.7. The molecule has 1 aliphatic rings. The second kappa shape index (κ2) is 7.95. The van der Waals surface area contributed by atoms with E-state index in [0.717, 1.165) is 11.1 Å². The first-order valence-electron chi connectivity index (χ1n) is 8.13. The number of nitrogens with one attached hydrogen (secondary N) is 1. The fraction of sp³-hybridized carbons (Fsp3) is 0.316. The van der Waals surface area contributed by atoms with Crippen LogP contribution in [0, 0.1) is 0 Å². The summed E-state index contributed by atoms with van der Waals surface area (Å²) in [6.45, 7) is 3.37. The zero-order chi connectivity index (χ0) is 16.8. The van der Waals surface area contributed by atoms with Crippen LogP contribution in [-0.4, -0.2) is 30.1 Å². The molecule has 3 rings (SSSR count). The molecule has 0 unspecified atom stereocenters. The predicted octanol–water partition coefficient (Wildman–Crippen LogP) is 3.29. The Kier molecular flexibility index (Phi) is 5.46. The molecule has 0 saturated carbocycles. The lowest BCUT2D eigenvalue weighted by Crippen LogP contribution is -2.49. The summed E-state index contributed by atoms with van der Waals surface area (Å²) < 4.78 is 5.96. The van der Waals surface area contributed by atoms with Gasteiger partial charge < -0.3 is 9.64 Å². The largest absolute Gasteiger partial charge is 0.367 e. The van der Waals surface area contributed by atoms with Crippen molar-refractivity contribution in [2.75, 3.05) is 13.1 Å². The molecule has 2 aromatic carbocycles. The van der Waals surface area contributed by atoms with Gasteiger partial charge in [-0.1, -0.05) is 60.7 Å². The lowest BCUT2D eigenvalue weighted by Gasteiger charge is -2.36. The van der Waals surface area contributed by atoms with Crippen LogP contribution < -0.4 is 5.48 Å². The number of nitrogens with zero attached hydrogens (tertiary/aromatic N) is 1. The van der Waals surface area contributed by atoms with Crippen molar-refractivity contribution >= 4 is 6.03 Å². The highest BCUT2D eigenvalue weighted by Gasteiger charge is 2.29. The van der Waals surface area contributed by atoms with Crippen LogP contribution in [-0.2, 0) is 16.2 Å². The molecule has 1 heterocycles. The Bertz CT molecular complexity index is 648. The quantitative estimate of drug-likeness (QED) is 0.877. The number of urea groups is 1. The lowest BCUT2D eigenvalue weighted by atomic mass is 10.1. The number of benzene rings is 2. The minimum Gasteiger partial charge on any atom is -0.367 e. The van der Waals surface area contributed by atoms with E-state index >= 15 is 0 Å². The first-order chi connectivity index (χ1) is 11.7. The van der Waals surface area contributed by atoms with Crippen molar-refractivity contribution in [2.24, 2.45) is 0 Å². The maximum atomic E-state index is 12.3. The molecule has 1 N–H and O–H groups in total. The lowest BCUT2D eigenvalue weighted by molar-refractivity contribution is -0.0718. The highest BCUT2D eigenvalue weighted by atomic mass is 16.7. The van der Waals surface area contributed by atoms with Gasteiger partial charge >= 0.3 is 6.03 Å². The van der Waals surface area contributed by atoms with Gasteiger partial charge in [0, 0.05) is 6.54 Å². The van der Waals surface area contributed by atoms with Crippen LogP contribution >= 0.6 is 0 Å². The number of hydrogen-bond acceptors (Lipinski definition) is 3. The molecule has 0 bridgehead atoms. The molecule has 5 heteroatoms. The Hall–Kier alpha value is -2.37. The van der Waals surface area contributed by atoms with E-state index in [2.05, 4.69) is 5.48 Å². The second-order valence-electron chi connectivity index (χ2n) is 5.93. The number of rotatable bonds is 4. The van der Waals surface area contributed by atoms with E-state index < -0.39 is 0 Å². The number of hydroxylamine groups is 1. The molecular formula is C19H22N2O3. The molecule has 0 radical (unpaired) electrons. The van der Waals surface area contributed by atoms with Gasteiger partial charge in [0.05, 0.1) is 19.3 Å². The topological polar surface area (TPSA) is 50.8 Å². The molecule has 2 aromatic rings. The first-order valence-corrected chi connectivity index (χ1v) is 8.13. The molecule has 2 atom stereocenters. The van der Waals surface area contributed by atoms with Gasteiger partial charge in [0.15, 0.2) is 0 Å². The Labute approximate surface area is 142 Å². The van der Waals surface area contributed by atoms with E-state index in [0.29, 0.717) is 19.7 Å². The van der Waals surface area contributed by atoms with Gasteiger partial charge in [-0.25, -0.2) is 10.3 Å². The van der Waals surface area contributed by atoms with Crippen molar-refractivity contribution in [3.05, 3.63) is 71.8 Å². The number of ether oxygens (including phenoxy) is 1. The van der Waals surface area contributed by atoms with Crippen LogP contribution in [0.15, 0.2) is 60.7 Å². The van der Waals surface area contributed by atoms with Crippen LogP contribution in [0.2, 0.25) is 0 Å². The van der Waals surface area contributed by atoms with E-state index in [1.165, 1.54) is 0 Å². The molecule has 126 valence electrons. The van der Waals surface area contributed by atoms with Crippen LogP contribution in [0.4, 0.5) is 4.79 Å². The third-order valence-corrected chi connectivity index (χ3v) is 3.96. The van der Waals surface area contributed by atoms with Gasteiger partial charge in [-0.3, -0.25) is 4.84 Å².